The van der Waals surface area contributed by atoms with Gasteiger partial charge in [0.05, 0.1) is 0 Å². The van der Waals surface area contributed by atoms with Gasteiger partial charge in [-0.15, -0.1) is 6.58 Å². The smallest absolute Gasteiger partial charge is 0.334 e. The number of hydrogen-bond acceptors (Lipinski definition) is 2. The Morgan fingerprint density at radius 1 is 0.727 bits per heavy atom. The molecule has 0 aromatic rings. The second kappa shape index (κ2) is 15.8. The molecule has 0 aliphatic carbocycles. The van der Waals surface area contributed by atoms with Crippen molar-refractivity contribution in [3.05, 3.63) is 12.7 Å². The molecule has 0 radical (unpaired) electrons. The molecule has 0 saturated carbocycles. The van der Waals surface area contributed by atoms with Gasteiger partial charge in [-0.1, -0.05) is 63.9 Å². The van der Waals surface area contributed by atoms with E-state index in [0.717, 1.165) is 19.3 Å². The van der Waals surface area contributed by atoms with Gasteiger partial charge in [0.1, 0.15) is 0 Å². The van der Waals surface area contributed by atoms with Crippen molar-refractivity contribution in [2.24, 2.45) is 0 Å². The average Bonchev–Trinajstić information content (AvgIpc) is 2.49. The van der Waals surface area contributed by atoms with Gasteiger partial charge in [0.25, 0.3) is 0 Å². The number of hydrogen-bond donors (Lipinski definition) is 0. The van der Waals surface area contributed by atoms with Gasteiger partial charge >= 0.3 is 8.56 Å². The normalized spacial score (nSPS) is 11.8. The summed E-state index contributed by atoms with van der Waals surface area (Å²) in [7, 11) is -1.85. The number of unbranched alkanes of at least 4 members (excludes halogenated alkanes) is 10. The molecule has 0 aliphatic heterocycles. The minimum Gasteiger partial charge on any atom is -0.395 e. The summed E-state index contributed by atoms with van der Waals surface area (Å²) in [6.07, 6.45) is 16.9. The largest absolute Gasteiger partial charge is 0.395 e. The Morgan fingerprint density at radius 2 is 1.14 bits per heavy atom. The van der Waals surface area contributed by atoms with Crippen LogP contribution in [0.2, 0.25) is 12.6 Å². The molecule has 0 N–H and O–H groups in total. The molecule has 0 aromatic heterocycles. The Labute approximate surface area is 140 Å². The van der Waals surface area contributed by atoms with Crippen molar-refractivity contribution in [3.8, 4) is 0 Å². The highest BCUT2D eigenvalue weighted by atomic mass is 28.4. The summed E-state index contributed by atoms with van der Waals surface area (Å²) < 4.78 is 11.8. The zero-order chi connectivity index (χ0) is 16.5. The second-order valence-corrected chi connectivity index (χ2v) is 9.71. The quantitative estimate of drug-likeness (QED) is 0.170. The van der Waals surface area contributed by atoms with Crippen LogP contribution in [0.1, 0.15) is 84.5 Å². The molecule has 0 atom stereocenters. The third-order valence-electron chi connectivity index (χ3n) is 4.19. The fraction of sp³-hybridized carbons (Fsp3) is 0.895. The summed E-state index contributed by atoms with van der Waals surface area (Å²) >= 11 is 0. The number of allylic oxidation sites excluding steroid dienone is 1. The molecule has 0 spiro atoms. The molecule has 2 nitrogen and oxygen atoms in total. The number of rotatable bonds is 17. The van der Waals surface area contributed by atoms with E-state index in [1.807, 2.05) is 6.08 Å². The first-order valence-corrected chi connectivity index (χ1v) is 12.1. The van der Waals surface area contributed by atoms with Crippen LogP contribution in [0, 0.1) is 0 Å². The van der Waals surface area contributed by atoms with Crippen LogP contribution in [0.15, 0.2) is 12.7 Å². The van der Waals surface area contributed by atoms with Gasteiger partial charge in [-0.3, -0.25) is 0 Å². The molecule has 0 bridgehead atoms. The highest BCUT2D eigenvalue weighted by molar-refractivity contribution is 6.66. The van der Waals surface area contributed by atoms with Crippen LogP contribution in [0.3, 0.4) is 0 Å². The first kappa shape index (κ1) is 21.9. The lowest BCUT2D eigenvalue weighted by atomic mass is 10.1. The van der Waals surface area contributed by atoms with Crippen LogP contribution < -0.4 is 0 Å². The molecule has 0 saturated heterocycles. The predicted octanol–water partition coefficient (Wildman–Crippen LogP) is 6.61. The lowest BCUT2D eigenvalue weighted by Gasteiger charge is -2.25. The monoisotopic (exact) mass is 328 g/mol. The van der Waals surface area contributed by atoms with Crippen LogP contribution >= 0.6 is 0 Å². The highest BCUT2D eigenvalue weighted by Gasteiger charge is 2.29. The molecule has 0 rings (SSSR count). The van der Waals surface area contributed by atoms with Crippen molar-refractivity contribution in [1.82, 2.24) is 0 Å². The van der Waals surface area contributed by atoms with Crippen LogP contribution in [0.25, 0.3) is 0 Å². The third kappa shape index (κ3) is 13.5. The van der Waals surface area contributed by atoms with Crippen LogP contribution in [-0.4, -0.2) is 21.8 Å². The van der Waals surface area contributed by atoms with Gasteiger partial charge in [0.2, 0.25) is 0 Å². The van der Waals surface area contributed by atoms with Gasteiger partial charge in [0, 0.05) is 13.2 Å². The van der Waals surface area contributed by atoms with Crippen molar-refractivity contribution in [1.29, 1.82) is 0 Å². The molecule has 0 unspecified atom stereocenters. The minimum absolute atomic E-state index is 0.787. The standard InChI is InChI=1S/C19H40O2Si/c1-5-8-9-10-11-12-13-14-15-16-17-18-19-22(4,20-6-2)21-7-3/h5H,1,6-19H2,2-4H3. The molecule has 3 heteroatoms. The maximum absolute atomic E-state index is 5.88. The summed E-state index contributed by atoms with van der Waals surface area (Å²) in [4.78, 5) is 0. The van der Waals surface area contributed by atoms with Gasteiger partial charge < -0.3 is 8.85 Å². The van der Waals surface area contributed by atoms with E-state index >= 15 is 0 Å². The minimum atomic E-state index is -1.85. The van der Waals surface area contributed by atoms with E-state index < -0.39 is 8.56 Å². The zero-order valence-corrected chi connectivity index (χ0v) is 16.5. The summed E-state index contributed by atoms with van der Waals surface area (Å²) in [6, 6.07) is 1.15. The summed E-state index contributed by atoms with van der Waals surface area (Å²) in [6.45, 7) is 11.7. The molecule has 0 fully saturated rings. The van der Waals surface area contributed by atoms with Crippen molar-refractivity contribution in [3.63, 3.8) is 0 Å². The van der Waals surface area contributed by atoms with Crippen molar-refractivity contribution in [2.45, 2.75) is 97.1 Å². The topological polar surface area (TPSA) is 18.5 Å². The molecule has 0 aromatic carbocycles. The van der Waals surface area contributed by atoms with Crippen LogP contribution in [-0.2, 0) is 8.85 Å². The Bertz CT molecular complexity index is 238. The van der Waals surface area contributed by atoms with E-state index in [1.54, 1.807) is 0 Å². The molecule has 0 amide bonds. The van der Waals surface area contributed by atoms with Gasteiger partial charge in [0.15, 0.2) is 0 Å². The highest BCUT2D eigenvalue weighted by Crippen LogP contribution is 2.19. The lowest BCUT2D eigenvalue weighted by Crippen LogP contribution is -2.38. The van der Waals surface area contributed by atoms with E-state index in [4.69, 9.17) is 8.85 Å². The Morgan fingerprint density at radius 3 is 1.55 bits per heavy atom. The van der Waals surface area contributed by atoms with E-state index in [-0.39, 0.29) is 0 Å². The first-order chi connectivity index (χ1) is 10.7. The summed E-state index contributed by atoms with van der Waals surface area (Å²) in [5, 5.41) is 0. The molecule has 22 heavy (non-hydrogen) atoms. The van der Waals surface area contributed by atoms with Gasteiger partial charge in [-0.25, -0.2) is 0 Å². The maximum Gasteiger partial charge on any atom is 0.334 e. The van der Waals surface area contributed by atoms with Crippen molar-refractivity contribution in [2.75, 3.05) is 13.2 Å². The molecular weight excluding hydrogens is 288 g/mol. The Kier molecular flexibility index (Phi) is 15.7. The fourth-order valence-electron chi connectivity index (χ4n) is 2.95. The Balaban J connectivity index is 3.36. The van der Waals surface area contributed by atoms with Crippen molar-refractivity contribution >= 4 is 8.56 Å². The Hall–Kier alpha value is -0.123. The summed E-state index contributed by atoms with van der Waals surface area (Å²) in [5.41, 5.74) is 0. The molecule has 132 valence electrons. The molecular formula is C19H40O2Si. The van der Waals surface area contributed by atoms with Crippen molar-refractivity contribution < 1.29 is 8.85 Å². The second-order valence-electron chi connectivity index (χ2n) is 6.36. The van der Waals surface area contributed by atoms with Gasteiger partial charge in [-0.2, -0.15) is 0 Å². The first-order valence-electron chi connectivity index (χ1n) is 9.57. The zero-order valence-electron chi connectivity index (χ0n) is 15.5. The average molecular weight is 329 g/mol. The van der Waals surface area contributed by atoms with E-state index in [1.165, 1.54) is 70.6 Å². The predicted molar refractivity (Wildman–Crippen MR) is 101 cm³/mol. The molecule has 0 aliphatic rings. The fourth-order valence-corrected chi connectivity index (χ4v) is 5.43. The van der Waals surface area contributed by atoms with E-state index in [9.17, 15) is 0 Å². The molecule has 0 heterocycles. The summed E-state index contributed by atoms with van der Waals surface area (Å²) in [5.74, 6) is 0. The van der Waals surface area contributed by atoms with E-state index in [0.29, 0.717) is 0 Å². The van der Waals surface area contributed by atoms with Gasteiger partial charge in [-0.05, 0) is 39.3 Å². The maximum atomic E-state index is 5.88. The van der Waals surface area contributed by atoms with Crippen LogP contribution in [0.5, 0.6) is 0 Å². The van der Waals surface area contributed by atoms with Crippen LogP contribution in [0.4, 0.5) is 0 Å². The lowest BCUT2D eigenvalue weighted by molar-refractivity contribution is 0.188. The third-order valence-corrected chi connectivity index (χ3v) is 7.25. The van der Waals surface area contributed by atoms with E-state index in [2.05, 4.69) is 27.0 Å². The SMILES string of the molecule is C=CCCCCCCCCCCCC[Si](C)(OCC)OCC.